The van der Waals surface area contributed by atoms with Crippen molar-refractivity contribution in [2.45, 2.75) is 45.1 Å². The maximum atomic E-state index is 12.9. The van der Waals surface area contributed by atoms with Gasteiger partial charge in [0.15, 0.2) is 0 Å². The molecule has 1 saturated carbocycles. The van der Waals surface area contributed by atoms with Crippen molar-refractivity contribution >= 4 is 40.0 Å². The second-order valence-corrected chi connectivity index (χ2v) is 10.6. The number of carbonyl (C=O) groups excluding carboxylic acids is 1. The summed E-state index contributed by atoms with van der Waals surface area (Å²) in [5.74, 6) is 0.639. The van der Waals surface area contributed by atoms with Crippen molar-refractivity contribution in [2.75, 3.05) is 11.1 Å². The van der Waals surface area contributed by atoms with E-state index in [2.05, 4.69) is 21.7 Å². The van der Waals surface area contributed by atoms with Crippen LogP contribution in [0, 0.1) is 5.92 Å². The molecule has 0 unspecified atom stereocenters. The summed E-state index contributed by atoms with van der Waals surface area (Å²) in [6.07, 6.45) is 9.92. The third kappa shape index (κ3) is 5.17. The molecule has 1 aliphatic carbocycles. The molecule has 0 saturated heterocycles. The SMILES string of the molecule is Nc1ccc(-c2cccs2)cc1NC(=O)c1ccc(-c2cn(CCC3CCCCC3)nn2)s1. The number of nitrogen functional groups attached to an aromatic ring is 1. The molecule has 0 bridgehead atoms. The molecule has 1 amide bonds. The van der Waals surface area contributed by atoms with Gasteiger partial charge in [-0.3, -0.25) is 9.48 Å². The van der Waals surface area contributed by atoms with Crippen LogP contribution in [0.1, 0.15) is 48.2 Å². The fourth-order valence-electron chi connectivity index (χ4n) is 4.35. The first-order chi connectivity index (χ1) is 16.2. The van der Waals surface area contributed by atoms with Gasteiger partial charge in [0.2, 0.25) is 0 Å². The third-order valence-electron chi connectivity index (χ3n) is 6.22. The van der Waals surface area contributed by atoms with E-state index in [0.29, 0.717) is 16.3 Å². The zero-order valence-electron chi connectivity index (χ0n) is 18.4. The lowest BCUT2D eigenvalue weighted by atomic mass is 9.87. The predicted octanol–water partition coefficient (Wildman–Crippen LogP) is 6.54. The Hall–Kier alpha value is -2.97. The molecule has 8 heteroatoms. The van der Waals surface area contributed by atoms with Gasteiger partial charge >= 0.3 is 0 Å². The van der Waals surface area contributed by atoms with Crippen molar-refractivity contribution in [3.05, 3.63) is 58.9 Å². The minimum Gasteiger partial charge on any atom is -0.397 e. The quantitative estimate of drug-likeness (QED) is 0.296. The van der Waals surface area contributed by atoms with E-state index >= 15 is 0 Å². The van der Waals surface area contributed by atoms with Gasteiger partial charge in [0.05, 0.1) is 27.3 Å². The summed E-state index contributed by atoms with van der Waals surface area (Å²) >= 11 is 3.07. The highest BCUT2D eigenvalue weighted by Gasteiger charge is 2.16. The van der Waals surface area contributed by atoms with Gasteiger partial charge in [-0.1, -0.05) is 49.5 Å². The Kier molecular flexibility index (Phi) is 6.55. The van der Waals surface area contributed by atoms with Crippen molar-refractivity contribution in [3.63, 3.8) is 0 Å². The number of amides is 1. The summed E-state index contributed by atoms with van der Waals surface area (Å²) < 4.78 is 1.93. The van der Waals surface area contributed by atoms with Crippen LogP contribution < -0.4 is 11.1 Å². The second kappa shape index (κ2) is 9.89. The zero-order chi connectivity index (χ0) is 22.6. The molecule has 0 radical (unpaired) electrons. The Morgan fingerprint density at radius 2 is 2.00 bits per heavy atom. The molecule has 1 aliphatic rings. The van der Waals surface area contributed by atoms with Crippen molar-refractivity contribution in [1.82, 2.24) is 15.0 Å². The van der Waals surface area contributed by atoms with Crippen LogP contribution in [0.5, 0.6) is 0 Å². The highest BCUT2D eigenvalue weighted by atomic mass is 32.1. The average Bonchev–Trinajstić information content (AvgIpc) is 3.61. The van der Waals surface area contributed by atoms with Gasteiger partial charge in [0, 0.05) is 11.4 Å². The van der Waals surface area contributed by atoms with Crippen molar-refractivity contribution in [3.8, 4) is 21.0 Å². The van der Waals surface area contributed by atoms with Crippen LogP contribution in [0.4, 0.5) is 11.4 Å². The first kappa shape index (κ1) is 21.9. The fraction of sp³-hybridized carbons (Fsp3) is 0.320. The minimum absolute atomic E-state index is 0.175. The first-order valence-corrected chi connectivity index (χ1v) is 13.1. The van der Waals surface area contributed by atoms with E-state index in [1.807, 2.05) is 52.7 Å². The standard InChI is InChI=1S/C25H27N5OS2/c26-19-9-8-18(22-7-4-14-32-22)15-20(19)27-25(31)24-11-10-23(33-24)21-16-30(29-28-21)13-12-17-5-2-1-3-6-17/h4,7-11,14-17H,1-3,5-6,12-13,26H2,(H,27,31). The van der Waals surface area contributed by atoms with Gasteiger partial charge in [-0.25, -0.2) is 0 Å². The maximum absolute atomic E-state index is 12.9. The molecule has 1 aromatic carbocycles. The molecular weight excluding hydrogens is 450 g/mol. The number of anilines is 2. The molecule has 0 aliphatic heterocycles. The van der Waals surface area contributed by atoms with Crippen LogP contribution in [0.15, 0.2) is 54.0 Å². The highest BCUT2D eigenvalue weighted by Crippen LogP contribution is 2.32. The summed E-state index contributed by atoms with van der Waals surface area (Å²) in [4.78, 5) is 15.6. The van der Waals surface area contributed by atoms with Crippen molar-refractivity contribution in [2.24, 2.45) is 5.92 Å². The maximum Gasteiger partial charge on any atom is 0.265 e. The summed E-state index contributed by atoms with van der Waals surface area (Å²) in [5, 5.41) is 13.6. The van der Waals surface area contributed by atoms with Gasteiger partial charge in [-0.2, -0.15) is 0 Å². The van der Waals surface area contributed by atoms with Crippen LogP contribution in [-0.2, 0) is 6.54 Å². The van der Waals surface area contributed by atoms with E-state index in [1.165, 1.54) is 43.4 Å². The molecule has 1 fully saturated rings. The number of rotatable bonds is 7. The number of aryl methyl sites for hydroxylation is 1. The number of nitrogens with zero attached hydrogens (tertiary/aromatic N) is 3. The molecule has 33 heavy (non-hydrogen) atoms. The highest BCUT2D eigenvalue weighted by molar-refractivity contribution is 7.17. The molecule has 5 rings (SSSR count). The monoisotopic (exact) mass is 477 g/mol. The molecule has 3 heterocycles. The Bertz CT molecular complexity index is 1220. The number of hydrogen-bond donors (Lipinski definition) is 2. The number of nitrogens with one attached hydrogen (secondary N) is 1. The van der Waals surface area contributed by atoms with Crippen LogP contribution in [-0.4, -0.2) is 20.9 Å². The van der Waals surface area contributed by atoms with Gasteiger partial charge in [-0.05, 0) is 53.6 Å². The molecule has 0 spiro atoms. The van der Waals surface area contributed by atoms with E-state index in [4.69, 9.17) is 5.73 Å². The molecule has 170 valence electrons. The Balaban J connectivity index is 1.24. The summed E-state index contributed by atoms with van der Waals surface area (Å²) in [6.45, 7) is 0.899. The van der Waals surface area contributed by atoms with Crippen LogP contribution in [0.2, 0.25) is 0 Å². The van der Waals surface area contributed by atoms with E-state index in [-0.39, 0.29) is 5.91 Å². The Morgan fingerprint density at radius 3 is 2.82 bits per heavy atom. The normalized spacial score (nSPS) is 14.4. The molecule has 0 atom stereocenters. The Labute approximate surface area is 201 Å². The van der Waals surface area contributed by atoms with Crippen molar-refractivity contribution < 1.29 is 4.79 Å². The second-order valence-electron chi connectivity index (χ2n) is 8.56. The molecule has 3 aromatic heterocycles. The number of hydrogen-bond acceptors (Lipinski definition) is 6. The van der Waals surface area contributed by atoms with Gasteiger partial charge < -0.3 is 11.1 Å². The lowest BCUT2D eigenvalue weighted by Gasteiger charge is -2.20. The van der Waals surface area contributed by atoms with Crippen LogP contribution in [0.25, 0.3) is 21.0 Å². The van der Waals surface area contributed by atoms with E-state index in [9.17, 15) is 4.79 Å². The van der Waals surface area contributed by atoms with Crippen molar-refractivity contribution in [1.29, 1.82) is 0 Å². The van der Waals surface area contributed by atoms with Gasteiger partial charge in [0.1, 0.15) is 5.69 Å². The summed E-state index contributed by atoms with van der Waals surface area (Å²) in [6, 6.07) is 13.5. The van der Waals surface area contributed by atoms with Gasteiger partial charge in [0.25, 0.3) is 5.91 Å². The molecule has 4 aromatic rings. The lowest BCUT2D eigenvalue weighted by Crippen LogP contribution is -2.11. The number of benzene rings is 1. The predicted molar refractivity (Wildman–Crippen MR) is 137 cm³/mol. The third-order valence-corrected chi connectivity index (χ3v) is 8.24. The van der Waals surface area contributed by atoms with Crippen LogP contribution >= 0.6 is 22.7 Å². The topological polar surface area (TPSA) is 85.8 Å². The van der Waals surface area contributed by atoms with E-state index < -0.39 is 0 Å². The molecule has 6 nitrogen and oxygen atoms in total. The molecular formula is C25H27N5OS2. The van der Waals surface area contributed by atoms with E-state index in [1.54, 1.807) is 11.3 Å². The lowest BCUT2D eigenvalue weighted by molar-refractivity contribution is 0.103. The fourth-order valence-corrected chi connectivity index (χ4v) is 5.93. The number of carbonyl (C=O) groups is 1. The number of thiophene rings is 2. The van der Waals surface area contributed by atoms with Gasteiger partial charge in [-0.15, -0.1) is 27.8 Å². The largest absolute Gasteiger partial charge is 0.397 e. The number of aromatic nitrogens is 3. The summed E-state index contributed by atoms with van der Waals surface area (Å²) in [5.41, 5.74) is 9.13. The first-order valence-electron chi connectivity index (χ1n) is 11.4. The zero-order valence-corrected chi connectivity index (χ0v) is 20.0. The number of nitrogens with two attached hydrogens (primary N) is 1. The van der Waals surface area contributed by atoms with Crippen LogP contribution in [0.3, 0.4) is 0 Å². The average molecular weight is 478 g/mol. The minimum atomic E-state index is -0.175. The summed E-state index contributed by atoms with van der Waals surface area (Å²) in [7, 11) is 0. The Morgan fingerprint density at radius 1 is 1.12 bits per heavy atom. The molecule has 3 N–H and O–H groups in total. The smallest absolute Gasteiger partial charge is 0.265 e. The van der Waals surface area contributed by atoms with E-state index in [0.717, 1.165) is 39.9 Å².